The van der Waals surface area contributed by atoms with Crippen molar-refractivity contribution >= 4 is 29.8 Å². The number of allylic oxidation sites excluding steroid dienone is 1. The summed E-state index contributed by atoms with van der Waals surface area (Å²) in [7, 11) is 0. The number of carbonyl (C=O) groups excluding carboxylic acids is 4. The van der Waals surface area contributed by atoms with Gasteiger partial charge in [-0.3, -0.25) is 4.79 Å². The molecule has 0 aliphatic rings. The maximum atomic E-state index is 12.6. The summed E-state index contributed by atoms with van der Waals surface area (Å²) in [5.74, 6) is -2.08. The molecular weight excluding hydrogens is 412 g/mol. The molecule has 0 aromatic heterocycles. The summed E-state index contributed by atoms with van der Waals surface area (Å²) >= 11 is 0. The van der Waals surface area contributed by atoms with Crippen molar-refractivity contribution in [1.29, 1.82) is 0 Å². The number of benzene rings is 2. The smallest absolute Gasteiger partial charge is 0.335 e. The molecule has 0 heterocycles. The fourth-order valence-corrected chi connectivity index (χ4v) is 2.49. The Bertz CT molecular complexity index is 1140. The topological polar surface area (TPSA) is 96.0 Å². The molecule has 2 aromatic carbocycles. The summed E-state index contributed by atoms with van der Waals surface area (Å²) in [5.41, 5.74) is 1.54. The Hall–Kier alpha value is -4.52. The van der Waals surface area contributed by atoms with Crippen LogP contribution in [0.25, 0.3) is 6.08 Å². The van der Waals surface area contributed by atoms with Gasteiger partial charge in [0.05, 0.1) is 0 Å². The quantitative estimate of drug-likeness (QED) is 0.254. The van der Waals surface area contributed by atoms with Gasteiger partial charge in [-0.2, -0.15) is 0 Å². The van der Waals surface area contributed by atoms with E-state index in [9.17, 15) is 19.2 Å². The van der Waals surface area contributed by atoms with Gasteiger partial charge in [-0.1, -0.05) is 31.9 Å². The number of ether oxygens (including phenoxy) is 3. The maximum absolute atomic E-state index is 12.6. The van der Waals surface area contributed by atoms with Crippen molar-refractivity contribution in [2.75, 3.05) is 0 Å². The van der Waals surface area contributed by atoms with Gasteiger partial charge >= 0.3 is 17.9 Å². The zero-order valence-electron chi connectivity index (χ0n) is 17.3. The standard InChI is InChI=1S/C25H20O7/c1-5-23(27)30-18-10-11-19(16(4)14-18)20(26)12-8-17-9-13-21(31-24(28)6-2)22(15-17)32-25(29)7-3/h5-15H,1-3H2,4H3/b12-8+. The van der Waals surface area contributed by atoms with Gasteiger partial charge in [-0.15, -0.1) is 0 Å². The second-order valence-electron chi connectivity index (χ2n) is 6.26. The van der Waals surface area contributed by atoms with Crippen LogP contribution in [0.2, 0.25) is 0 Å². The van der Waals surface area contributed by atoms with Crippen molar-refractivity contribution in [3.8, 4) is 17.2 Å². The lowest BCUT2D eigenvalue weighted by atomic mass is 10.0. The van der Waals surface area contributed by atoms with Crippen molar-refractivity contribution in [3.05, 3.63) is 97.1 Å². The monoisotopic (exact) mass is 432 g/mol. The van der Waals surface area contributed by atoms with E-state index in [4.69, 9.17) is 14.2 Å². The van der Waals surface area contributed by atoms with Crippen LogP contribution in [0.5, 0.6) is 17.2 Å². The van der Waals surface area contributed by atoms with Gasteiger partial charge < -0.3 is 14.2 Å². The van der Waals surface area contributed by atoms with Crippen molar-refractivity contribution in [2.24, 2.45) is 0 Å². The first kappa shape index (κ1) is 23.8. The first-order valence-corrected chi connectivity index (χ1v) is 9.27. The zero-order chi connectivity index (χ0) is 23.7. The average Bonchev–Trinajstić information content (AvgIpc) is 2.78. The van der Waals surface area contributed by atoms with Crippen LogP contribution in [0.3, 0.4) is 0 Å². The number of rotatable bonds is 9. The molecule has 0 spiro atoms. The van der Waals surface area contributed by atoms with Gasteiger partial charge in [0.1, 0.15) is 5.75 Å². The number of esters is 3. The van der Waals surface area contributed by atoms with Gasteiger partial charge in [0.15, 0.2) is 17.3 Å². The van der Waals surface area contributed by atoms with Crippen LogP contribution in [0.1, 0.15) is 21.5 Å². The molecule has 0 bridgehead atoms. The summed E-state index contributed by atoms with van der Waals surface area (Å²) in [5, 5.41) is 0. The summed E-state index contributed by atoms with van der Waals surface area (Å²) in [6, 6.07) is 9.05. The lowest BCUT2D eigenvalue weighted by Gasteiger charge is -2.09. The zero-order valence-corrected chi connectivity index (χ0v) is 17.3. The van der Waals surface area contributed by atoms with Gasteiger partial charge in [-0.05, 0) is 54.5 Å². The molecule has 7 heteroatoms. The first-order valence-electron chi connectivity index (χ1n) is 9.27. The third kappa shape index (κ3) is 6.50. The third-order valence-corrected chi connectivity index (χ3v) is 4.00. The molecule has 0 saturated carbocycles. The molecular formula is C25H20O7. The fourth-order valence-electron chi connectivity index (χ4n) is 2.49. The summed E-state index contributed by atoms with van der Waals surface area (Å²) in [6.07, 6.45) is 5.82. The van der Waals surface area contributed by atoms with Crippen LogP contribution in [0.15, 0.2) is 80.4 Å². The number of carbonyl (C=O) groups is 4. The van der Waals surface area contributed by atoms with Crippen molar-refractivity contribution in [2.45, 2.75) is 6.92 Å². The molecule has 0 unspecified atom stereocenters. The van der Waals surface area contributed by atoms with Crippen molar-refractivity contribution in [3.63, 3.8) is 0 Å². The number of ketones is 1. The average molecular weight is 432 g/mol. The Morgan fingerprint density at radius 3 is 1.94 bits per heavy atom. The minimum Gasteiger partial charge on any atom is -0.423 e. The van der Waals surface area contributed by atoms with E-state index in [1.54, 1.807) is 25.1 Å². The van der Waals surface area contributed by atoms with Crippen molar-refractivity contribution in [1.82, 2.24) is 0 Å². The highest BCUT2D eigenvalue weighted by Gasteiger charge is 2.13. The molecule has 0 fully saturated rings. The SMILES string of the molecule is C=CC(=O)Oc1ccc(C(=O)/C=C/c2ccc(OC(=O)C=C)c(OC(=O)C=C)c2)c(C)c1. The Morgan fingerprint density at radius 2 is 1.34 bits per heavy atom. The van der Waals surface area contributed by atoms with Gasteiger partial charge in [0.2, 0.25) is 0 Å². The molecule has 0 saturated heterocycles. The van der Waals surface area contributed by atoms with E-state index in [-0.39, 0.29) is 17.3 Å². The predicted octanol–water partition coefficient (Wildman–Crippen LogP) is 4.17. The summed E-state index contributed by atoms with van der Waals surface area (Å²) < 4.78 is 15.2. The van der Waals surface area contributed by atoms with Gasteiger partial charge in [0, 0.05) is 23.8 Å². The minimum atomic E-state index is -0.744. The van der Waals surface area contributed by atoms with Crippen LogP contribution < -0.4 is 14.2 Å². The van der Waals surface area contributed by atoms with E-state index in [0.717, 1.165) is 18.2 Å². The molecule has 2 rings (SSSR count). The molecule has 0 radical (unpaired) electrons. The van der Waals surface area contributed by atoms with E-state index in [2.05, 4.69) is 19.7 Å². The molecule has 0 aliphatic heterocycles. The number of aryl methyl sites for hydroxylation is 1. The summed E-state index contributed by atoms with van der Waals surface area (Å²) in [4.78, 5) is 47.0. The van der Waals surface area contributed by atoms with Gasteiger partial charge in [-0.25, -0.2) is 14.4 Å². The molecule has 162 valence electrons. The molecule has 2 aromatic rings. The molecule has 0 aliphatic carbocycles. The van der Waals surface area contributed by atoms with E-state index >= 15 is 0 Å². The second kappa shape index (κ2) is 11.0. The van der Waals surface area contributed by atoms with E-state index in [1.807, 2.05) is 0 Å². The van der Waals surface area contributed by atoms with E-state index in [1.165, 1.54) is 30.4 Å². The largest absolute Gasteiger partial charge is 0.423 e. The second-order valence-corrected chi connectivity index (χ2v) is 6.26. The minimum absolute atomic E-state index is 0.00841. The highest BCUT2D eigenvalue weighted by molar-refractivity contribution is 6.08. The molecule has 0 atom stereocenters. The van der Waals surface area contributed by atoms with Crippen molar-refractivity contribution < 1.29 is 33.4 Å². The molecule has 0 amide bonds. The van der Waals surface area contributed by atoms with Crippen LogP contribution in [-0.2, 0) is 14.4 Å². The van der Waals surface area contributed by atoms with Crippen LogP contribution in [0.4, 0.5) is 0 Å². The molecule has 32 heavy (non-hydrogen) atoms. The summed E-state index contributed by atoms with van der Waals surface area (Å²) in [6.45, 7) is 11.7. The normalized spacial score (nSPS) is 10.2. The van der Waals surface area contributed by atoms with Crippen LogP contribution >= 0.6 is 0 Å². The van der Waals surface area contributed by atoms with Crippen LogP contribution in [-0.4, -0.2) is 23.7 Å². The van der Waals surface area contributed by atoms with E-state index in [0.29, 0.717) is 22.4 Å². The molecule has 0 N–H and O–H groups in total. The molecule has 7 nitrogen and oxygen atoms in total. The maximum Gasteiger partial charge on any atom is 0.335 e. The number of hydrogen-bond donors (Lipinski definition) is 0. The fraction of sp³-hybridized carbons (Fsp3) is 0.0400. The Labute approximate surface area is 184 Å². The lowest BCUT2D eigenvalue weighted by molar-refractivity contribution is -0.131. The Morgan fingerprint density at radius 1 is 0.750 bits per heavy atom. The van der Waals surface area contributed by atoms with Gasteiger partial charge in [0.25, 0.3) is 0 Å². The highest BCUT2D eigenvalue weighted by atomic mass is 16.6. The van der Waals surface area contributed by atoms with Crippen LogP contribution in [0, 0.1) is 6.92 Å². The Kier molecular flexibility index (Phi) is 8.19. The first-order chi connectivity index (χ1) is 15.3. The predicted molar refractivity (Wildman–Crippen MR) is 118 cm³/mol. The lowest BCUT2D eigenvalue weighted by Crippen LogP contribution is -2.08. The highest BCUT2D eigenvalue weighted by Crippen LogP contribution is 2.29. The van der Waals surface area contributed by atoms with E-state index < -0.39 is 17.9 Å². The Balaban J connectivity index is 2.26. The number of hydrogen-bond acceptors (Lipinski definition) is 7. The third-order valence-electron chi connectivity index (χ3n) is 4.00.